The summed E-state index contributed by atoms with van der Waals surface area (Å²) in [6.45, 7) is 0.537. The lowest BCUT2D eigenvalue weighted by molar-refractivity contribution is 0.151. The number of hydrogen-bond acceptors (Lipinski definition) is 2. The van der Waals surface area contributed by atoms with Crippen LogP contribution in [-0.4, -0.2) is 19.2 Å². The quantitative estimate of drug-likeness (QED) is 0.762. The molecule has 2 aromatic carbocycles. The maximum absolute atomic E-state index is 12.6. The van der Waals surface area contributed by atoms with Crippen molar-refractivity contribution in [2.75, 3.05) is 18.5 Å². The number of urea groups is 1. The molecular weight excluding hydrogens is 326 g/mol. The molecule has 2 N–H and O–H groups in total. The largest absolute Gasteiger partial charge is 0.492 e. The monoisotopic (exact) mass is 340 g/mol. The normalized spacial score (nSPS) is 10.4. The Morgan fingerprint density at radius 3 is 2.61 bits per heavy atom. The first-order chi connectivity index (χ1) is 11.0. The van der Waals surface area contributed by atoms with Crippen LogP contribution in [0.5, 0.6) is 5.75 Å². The van der Waals surface area contributed by atoms with Gasteiger partial charge in [0, 0.05) is 16.3 Å². The summed E-state index contributed by atoms with van der Waals surface area (Å²) in [5.41, 5.74) is 0.160. The van der Waals surface area contributed by atoms with E-state index < -0.39 is 12.5 Å². The standard InChI is InChI=1S/C16H15ClF2N2O2/c17-12-4-6-14(7-5-12)23-9-8-20-16(22)21-13-3-1-2-11(10-13)15(18)19/h1-7,10,15H,8-9H2,(H2,20,21,22). The lowest BCUT2D eigenvalue weighted by Crippen LogP contribution is -2.32. The molecule has 0 radical (unpaired) electrons. The average molecular weight is 341 g/mol. The fraction of sp³-hybridized carbons (Fsp3) is 0.188. The van der Waals surface area contributed by atoms with E-state index in [-0.39, 0.29) is 18.7 Å². The van der Waals surface area contributed by atoms with Crippen molar-refractivity contribution >= 4 is 23.3 Å². The Kier molecular flexibility index (Phi) is 6.17. The van der Waals surface area contributed by atoms with Gasteiger partial charge in [-0.05, 0) is 36.4 Å². The van der Waals surface area contributed by atoms with E-state index in [4.69, 9.17) is 16.3 Å². The van der Waals surface area contributed by atoms with Crippen LogP contribution in [0.15, 0.2) is 48.5 Å². The Bertz CT molecular complexity index is 651. The number of benzene rings is 2. The number of amides is 2. The van der Waals surface area contributed by atoms with Crippen molar-refractivity contribution in [1.82, 2.24) is 5.32 Å². The smallest absolute Gasteiger partial charge is 0.319 e. The van der Waals surface area contributed by atoms with Gasteiger partial charge in [0.2, 0.25) is 0 Å². The highest BCUT2D eigenvalue weighted by Gasteiger charge is 2.08. The number of nitrogens with one attached hydrogen (secondary N) is 2. The van der Waals surface area contributed by atoms with Crippen molar-refractivity contribution < 1.29 is 18.3 Å². The van der Waals surface area contributed by atoms with Crippen LogP contribution < -0.4 is 15.4 Å². The maximum Gasteiger partial charge on any atom is 0.319 e. The number of carbonyl (C=O) groups is 1. The summed E-state index contributed by atoms with van der Waals surface area (Å²) in [6, 6.07) is 11.9. The molecule has 7 heteroatoms. The van der Waals surface area contributed by atoms with Crippen LogP contribution in [0, 0.1) is 0 Å². The molecule has 0 saturated carbocycles. The van der Waals surface area contributed by atoms with Crippen molar-refractivity contribution in [2.24, 2.45) is 0 Å². The third-order valence-corrected chi connectivity index (χ3v) is 3.12. The van der Waals surface area contributed by atoms with Gasteiger partial charge in [-0.25, -0.2) is 13.6 Å². The van der Waals surface area contributed by atoms with Gasteiger partial charge in [-0.3, -0.25) is 0 Å². The van der Waals surface area contributed by atoms with E-state index in [2.05, 4.69) is 10.6 Å². The summed E-state index contributed by atoms with van der Waals surface area (Å²) in [5, 5.41) is 5.67. The van der Waals surface area contributed by atoms with E-state index in [0.717, 1.165) is 0 Å². The Labute approximate surface area is 137 Å². The molecule has 0 aliphatic heterocycles. The zero-order chi connectivity index (χ0) is 16.7. The third kappa shape index (κ3) is 5.75. The molecule has 0 heterocycles. The summed E-state index contributed by atoms with van der Waals surface area (Å²) < 4.78 is 30.5. The van der Waals surface area contributed by atoms with E-state index >= 15 is 0 Å². The molecule has 4 nitrogen and oxygen atoms in total. The van der Waals surface area contributed by atoms with E-state index in [9.17, 15) is 13.6 Å². The lowest BCUT2D eigenvalue weighted by Gasteiger charge is -2.10. The van der Waals surface area contributed by atoms with Gasteiger partial charge in [0.1, 0.15) is 12.4 Å². The second kappa shape index (κ2) is 8.33. The van der Waals surface area contributed by atoms with Gasteiger partial charge >= 0.3 is 6.03 Å². The first kappa shape index (κ1) is 17.0. The van der Waals surface area contributed by atoms with Crippen LogP contribution in [0.3, 0.4) is 0 Å². The second-order valence-electron chi connectivity index (χ2n) is 4.61. The van der Waals surface area contributed by atoms with Crippen molar-refractivity contribution in [2.45, 2.75) is 6.43 Å². The minimum atomic E-state index is -2.58. The third-order valence-electron chi connectivity index (χ3n) is 2.87. The topological polar surface area (TPSA) is 50.4 Å². The summed E-state index contributed by atoms with van der Waals surface area (Å²) in [4.78, 5) is 11.7. The fourth-order valence-electron chi connectivity index (χ4n) is 1.79. The van der Waals surface area contributed by atoms with Gasteiger partial charge in [-0.15, -0.1) is 0 Å². The molecule has 0 atom stereocenters. The zero-order valence-corrected chi connectivity index (χ0v) is 12.8. The highest BCUT2D eigenvalue weighted by molar-refractivity contribution is 6.30. The van der Waals surface area contributed by atoms with Crippen LogP contribution in [0.2, 0.25) is 5.02 Å². The van der Waals surface area contributed by atoms with Crippen molar-refractivity contribution in [3.05, 3.63) is 59.1 Å². The van der Waals surface area contributed by atoms with E-state index in [1.165, 1.54) is 24.3 Å². The number of halogens is 3. The number of anilines is 1. The summed E-state index contributed by atoms with van der Waals surface area (Å²) >= 11 is 5.75. The summed E-state index contributed by atoms with van der Waals surface area (Å²) in [7, 11) is 0. The molecule has 2 aromatic rings. The molecule has 0 aromatic heterocycles. The molecule has 2 amide bonds. The molecule has 0 spiro atoms. The van der Waals surface area contributed by atoms with Gasteiger partial charge in [-0.2, -0.15) is 0 Å². The number of alkyl halides is 2. The molecule has 2 rings (SSSR count). The average Bonchev–Trinajstić information content (AvgIpc) is 2.53. The predicted octanol–water partition coefficient (Wildman–Crippen LogP) is 4.48. The molecule has 0 bridgehead atoms. The van der Waals surface area contributed by atoms with Gasteiger partial charge in [0.25, 0.3) is 6.43 Å². The minimum absolute atomic E-state index is 0.145. The summed E-state index contributed by atoms with van der Waals surface area (Å²) in [6.07, 6.45) is -2.58. The SMILES string of the molecule is O=C(NCCOc1ccc(Cl)cc1)Nc1cccc(C(F)F)c1. The number of ether oxygens (including phenoxy) is 1. The van der Waals surface area contributed by atoms with Gasteiger partial charge in [0.05, 0.1) is 6.54 Å². The van der Waals surface area contributed by atoms with E-state index in [0.29, 0.717) is 16.5 Å². The van der Waals surface area contributed by atoms with Crippen molar-refractivity contribution in [3.8, 4) is 5.75 Å². The Hall–Kier alpha value is -2.34. The predicted molar refractivity (Wildman–Crippen MR) is 85.4 cm³/mol. The van der Waals surface area contributed by atoms with Crippen LogP contribution >= 0.6 is 11.6 Å². The number of carbonyl (C=O) groups excluding carboxylic acids is 1. The molecule has 122 valence electrons. The molecule has 0 unspecified atom stereocenters. The number of rotatable bonds is 6. The Morgan fingerprint density at radius 2 is 1.91 bits per heavy atom. The molecule has 0 saturated heterocycles. The Balaban J connectivity index is 1.72. The van der Waals surface area contributed by atoms with E-state index in [1.807, 2.05) is 0 Å². The lowest BCUT2D eigenvalue weighted by atomic mass is 10.2. The highest BCUT2D eigenvalue weighted by atomic mass is 35.5. The fourth-order valence-corrected chi connectivity index (χ4v) is 1.92. The minimum Gasteiger partial charge on any atom is -0.492 e. The van der Waals surface area contributed by atoms with Crippen molar-refractivity contribution in [1.29, 1.82) is 0 Å². The van der Waals surface area contributed by atoms with Gasteiger partial charge in [-0.1, -0.05) is 23.7 Å². The van der Waals surface area contributed by atoms with Crippen LogP contribution in [0.4, 0.5) is 19.3 Å². The maximum atomic E-state index is 12.6. The second-order valence-corrected chi connectivity index (χ2v) is 5.05. The summed E-state index contributed by atoms with van der Waals surface area (Å²) in [5.74, 6) is 0.640. The van der Waals surface area contributed by atoms with Crippen LogP contribution in [0.25, 0.3) is 0 Å². The van der Waals surface area contributed by atoms with Crippen molar-refractivity contribution in [3.63, 3.8) is 0 Å². The molecule has 0 aliphatic carbocycles. The first-order valence-corrected chi connectivity index (χ1v) is 7.24. The number of hydrogen-bond donors (Lipinski definition) is 2. The van der Waals surface area contributed by atoms with Crippen LogP contribution in [0.1, 0.15) is 12.0 Å². The highest BCUT2D eigenvalue weighted by Crippen LogP contribution is 2.21. The molecule has 23 heavy (non-hydrogen) atoms. The molecule has 0 fully saturated rings. The first-order valence-electron chi connectivity index (χ1n) is 6.86. The molecule has 0 aliphatic rings. The van der Waals surface area contributed by atoms with Gasteiger partial charge < -0.3 is 15.4 Å². The zero-order valence-electron chi connectivity index (χ0n) is 12.1. The van der Waals surface area contributed by atoms with E-state index in [1.54, 1.807) is 24.3 Å². The Morgan fingerprint density at radius 1 is 1.17 bits per heavy atom. The van der Waals surface area contributed by atoms with Crippen LogP contribution in [-0.2, 0) is 0 Å². The van der Waals surface area contributed by atoms with Gasteiger partial charge in [0.15, 0.2) is 0 Å². The molecular formula is C16H15ClF2N2O2.